The van der Waals surface area contributed by atoms with Crippen LogP contribution in [0.4, 0.5) is 0 Å². The summed E-state index contributed by atoms with van der Waals surface area (Å²) in [5, 5.41) is 12.2. The van der Waals surface area contributed by atoms with E-state index < -0.39 is 0 Å². The van der Waals surface area contributed by atoms with Crippen LogP contribution in [0.1, 0.15) is 54.9 Å². The highest BCUT2D eigenvalue weighted by Gasteiger charge is 2.31. The van der Waals surface area contributed by atoms with Gasteiger partial charge in [0, 0.05) is 24.4 Å². The van der Waals surface area contributed by atoms with E-state index in [-0.39, 0.29) is 23.8 Å². The van der Waals surface area contributed by atoms with Crippen LogP contribution in [0.3, 0.4) is 0 Å². The lowest BCUT2D eigenvalue weighted by molar-refractivity contribution is -0.133. The molecule has 1 N–H and O–H groups in total. The van der Waals surface area contributed by atoms with Crippen LogP contribution in [-0.4, -0.2) is 35.6 Å². The average molecular weight is 307 g/mol. The number of hydrogen-bond donors (Lipinski definition) is 1. The van der Waals surface area contributed by atoms with Crippen molar-refractivity contribution in [1.82, 2.24) is 4.90 Å². The van der Waals surface area contributed by atoms with E-state index in [0.29, 0.717) is 6.54 Å². The van der Waals surface area contributed by atoms with Gasteiger partial charge in [-0.05, 0) is 49.1 Å². The summed E-state index contributed by atoms with van der Waals surface area (Å²) < 4.78 is 0. The van der Waals surface area contributed by atoms with Crippen molar-refractivity contribution in [2.75, 3.05) is 13.6 Å². The fraction of sp³-hybridized carbons (Fsp3) is 0.706. The van der Waals surface area contributed by atoms with Gasteiger partial charge < -0.3 is 10.0 Å². The minimum absolute atomic E-state index is 0.0470. The fourth-order valence-corrected chi connectivity index (χ4v) is 4.84. The van der Waals surface area contributed by atoms with Gasteiger partial charge in [-0.15, -0.1) is 11.3 Å². The zero-order valence-electron chi connectivity index (χ0n) is 12.8. The Morgan fingerprint density at radius 2 is 2.14 bits per heavy atom. The van der Waals surface area contributed by atoms with Crippen molar-refractivity contribution in [2.45, 2.75) is 57.0 Å². The number of rotatable bonds is 3. The fourth-order valence-electron chi connectivity index (χ4n) is 3.85. The third-order valence-corrected chi connectivity index (χ3v) is 6.10. The second-order valence-electron chi connectivity index (χ2n) is 6.57. The molecule has 116 valence electrons. The zero-order valence-corrected chi connectivity index (χ0v) is 13.6. The Morgan fingerprint density at radius 1 is 1.33 bits per heavy atom. The number of aryl methyl sites for hydroxylation is 1. The summed E-state index contributed by atoms with van der Waals surface area (Å²) in [6, 6.07) is 2.13. The van der Waals surface area contributed by atoms with Gasteiger partial charge in [0.25, 0.3) is 0 Å². The molecule has 2 aliphatic rings. The smallest absolute Gasteiger partial charge is 0.229 e. The maximum atomic E-state index is 12.8. The number of aliphatic hydroxyl groups is 1. The van der Waals surface area contributed by atoms with Gasteiger partial charge in [-0.3, -0.25) is 4.79 Å². The lowest BCUT2D eigenvalue weighted by Crippen LogP contribution is -2.40. The first-order valence-electron chi connectivity index (χ1n) is 8.16. The van der Waals surface area contributed by atoms with Gasteiger partial charge in [0.05, 0.1) is 12.0 Å². The largest absolute Gasteiger partial charge is 0.393 e. The molecule has 2 aliphatic carbocycles. The first-order chi connectivity index (χ1) is 10.2. The lowest BCUT2D eigenvalue weighted by Gasteiger charge is -2.33. The van der Waals surface area contributed by atoms with Gasteiger partial charge in [-0.2, -0.15) is 0 Å². The van der Waals surface area contributed by atoms with Crippen molar-refractivity contribution in [3.05, 3.63) is 21.9 Å². The molecule has 3 atom stereocenters. The van der Waals surface area contributed by atoms with Crippen LogP contribution in [-0.2, 0) is 11.2 Å². The predicted molar refractivity (Wildman–Crippen MR) is 85.6 cm³/mol. The van der Waals surface area contributed by atoms with Crippen LogP contribution in [0.5, 0.6) is 0 Å². The highest BCUT2D eigenvalue weighted by atomic mass is 32.1. The molecule has 3 nitrogen and oxygen atoms in total. The summed E-state index contributed by atoms with van der Waals surface area (Å²) in [6.45, 7) is 0.704. The van der Waals surface area contributed by atoms with E-state index >= 15 is 0 Å². The van der Waals surface area contributed by atoms with Crippen molar-refractivity contribution >= 4 is 17.2 Å². The highest BCUT2D eigenvalue weighted by molar-refractivity contribution is 7.10. The van der Waals surface area contributed by atoms with Gasteiger partial charge in [0.2, 0.25) is 5.91 Å². The molecule has 0 radical (unpaired) electrons. The molecule has 0 aliphatic heterocycles. The molecule has 0 bridgehead atoms. The lowest BCUT2D eigenvalue weighted by atomic mass is 9.84. The minimum atomic E-state index is -0.225. The van der Waals surface area contributed by atoms with E-state index in [9.17, 15) is 9.90 Å². The van der Waals surface area contributed by atoms with Gasteiger partial charge >= 0.3 is 0 Å². The second kappa shape index (κ2) is 6.49. The number of carbonyl (C=O) groups is 1. The number of fused-ring (bicyclic) bond motifs is 1. The first kappa shape index (κ1) is 15.0. The van der Waals surface area contributed by atoms with Crippen molar-refractivity contribution in [3.8, 4) is 0 Å². The number of amides is 1. The van der Waals surface area contributed by atoms with Crippen molar-refractivity contribution in [3.63, 3.8) is 0 Å². The van der Waals surface area contributed by atoms with Crippen LogP contribution < -0.4 is 0 Å². The Balaban J connectivity index is 1.65. The normalized spacial score (nSPS) is 29.0. The topological polar surface area (TPSA) is 40.5 Å². The second-order valence-corrected chi connectivity index (χ2v) is 7.58. The first-order valence-corrected chi connectivity index (χ1v) is 9.04. The van der Waals surface area contributed by atoms with Crippen LogP contribution in [0, 0.1) is 5.92 Å². The minimum Gasteiger partial charge on any atom is -0.393 e. The number of carbonyl (C=O) groups excluding carboxylic acids is 1. The van der Waals surface area contributed by atoms with Crippen LogP contribution >= 0.6 is 11.3 Å². The summed E-state index contributed by atoms with van der Waals surface area (Å²) in [4.78, 5) is 16.1. The van der Waals surface area contributed by atoms with E-state index in [1.807, 2.05) is 11.9 Å². The maximum Gasteiger partial charge on any atom is 0.229 e. The van der Waals surface area contributed by atoms with Crippen LogP contribution in [0.2, 0.25) is 0 Å². The quantitative estimate of drug-likeness (QED) is 0.932. The molecule has 3 unspecified atom stereocenters. The molecule has 1 aromatic rings. The van der Waals surface area contributed by atoms with Crippen molar-refractivity contribution < 1.29 is 9.90 Å². The number of nitrogens with zero attached hydrogens (tertiary/aromatic N) is 1. The molecule has 0 aromatic carbocycles. The Bertz CT molecular complexity index is 499. The number of likely N-dealkylation sites (N-methyl/N-ethyl adjacent to an activating group) is 1. The summed E-state index contributed by atoms with van der Waals surface area (Å²) in [7, 11) is 1.91. The molecule has 4 heteroatoms. The van der Waals surface area contributed by atoms with Gasteiger partial charge in [0.15, 0.2) is 0 Å². The Morgan fingerprint density at radius 3 is 2.95 bits per heavy atom. The number of aliphatic hydroxyl groups excluding tert-OH is 1. The van der Waals surface area contributed by atoms with Gasteiger partial charge in [-0.1, -0.05) is 12.8 Å². The third-order valence-electron chi connectivity index (χ3n) is 5.10. The molecule has 0 saturated heterocycles. The summed E-state index contributed by atoms with van der Waals surface area (Å²) in [6.07, 6.45) is 7.24. The van der Waals surface area contributed by atoms with Crippen molar-refractivity contribution in [1.29, 1.82) is 0 Å². The summed E-state index contributed by atoms with van der Waals surface area (Å²) >= 11 is 1.78. The summed E-state index contributed by atoms with van der Waals surface area (Å²) in [5.74, 6) is 0.552. The van der Waals surface area contributed by atoms with E-state index in [2.05, 4.69) is 11.4 Å². The molecule has 1 amide bonds. The maximum absolute atomic E-state index is 12.8. The molecule has 1 aromatic heterocycles. The summed E-state index contributed by atoms with van der Waals surface area (Å²) in [5.41, 5.74) is 1.26. The van der Waals surface area contributed by atoms with E-state index in [1.165, 1.54) is 16.9 Å². The van der Waals surface area contributed by atoms with Crippen LogP contribution in [0.15, 0.2) is 11.4 Å². The van der Waals surface area contributed by atoms with E-state index in [0.717, 1.165) is 38.5 Å². The highest BCUT2D eigenvalue weighted by Crippen LogP contribution is 2.36. The molecule has 3 rings (SSSR count). The number of hydrogen-bond acceptors (Lipinski definition) is 3. The standard InChI is InChI=1S/C17H25NO2S/c1-18(11-12-5-2-3-7-15(12)19)17(20)14-6-4-8-16-13(14)9-10-21-16/h9-10,12,14-15,19H,2-8,11H2,1H3. The molecular formula is C17H25NO2S. The van der Waals surface area contributed by atoms with Crippen LogP contribution in [0.25, 0.3) is 0 Å². The van der Waals surface area contributed by atoms with Gasteiger partial charge in [-0.25, -0.2) is 0 Å². The molecular weight excluding hydrogens is 282 g/mol. The molecule has 0 spiro atoms. The Kier molecular flexibility index (Phi) is 4.65. The van der Waals surface area contributed by atoms with E-state index in [4.69, 9.17) is 0 Å². The monoisotopic (exact) mass is 307 g/mol. The Hall–Kier alpha value is -0.870. The third kappa shape index (κ3) is 3.16. The molecule has 1 saturated carbocycles. The molecule has 1 heterocycles. The predicted octanol–water partition coefficient (Wildman–Crippen LogP) is 3.18. The Labute approximate surface area is 131 Å². The molecule has 1 fully saturated rings. The SMILES string of the molecule is CN(CC1CCCCC1O)C(=O)C1CCCc2sccc21. The van der Waals surface area contributed by atoms with Crippen molar-refractivity contribution in [2.24, 2.45) is 5.92 Å². The zero-order chi connectivity index (χ0) is 14.8. The van der Waals surface area contributed by atoms with Gasteiger partial charge in [0.1, 0.15) is 0 Å². The average Bonchev–Trinajstić information content (AvgIpc) is 2.97. The molecule has 21 heavy (non-hydrogen) atoms. The number of thiophene rings is 1. The van der Waals surface area contributed by atoms with E-state index in [1.54, 1.807) is 11.3 Å².